The third kappa shape index (κ3) is 12.6. The van der Waals surface area contributed by atoms with E-state index in [-0.39, 0.29) is 39.1 Å². The fourth-order valence-corrected chi connectivity index (χ4v) is 1.84. The van der Waals surface area contributed by atoms with Crippen LogP contribution < -0.4 is 21.7 Å². The van der Waals surface area contributed by atoms with Gasteiger partial charge in [-0.25, -0.2) is 4.79 Å². The topological polar surface area (TPSA) is 166 Å². The van der Waals surface area contributed by atoms with Crippen molar-refractivity contribution in [1.82, 2.24) is 16.0 Å². The number of nitrogens with one attached hydrogen (secondary N) is 3. The summed E-state index contributed by atoms with van der Waals surface area (Å²) in [4.78, 5) is 58.2. The molecule has 0 aliphatic heterocycles. The molecular weight excluding hydrogens is 372 g/mol. The third-order valence-corrected chi connectivity index (χ3v) is 3.25. The number of carbonyl (C=O) groups is 5. The van der Waals surface area contributed by atoms with E-state index in [1.807, 2.05) is 13.8 Å². The Morgan fingerprint density at radius 2 is 1.43 bits per heavy atom. The van der Waals surface area contributed by atoms with Crippen molar-refractivity contribution in [3.05, 3.63) is 0 Å². The van der Waals surface area contributed by atoms with Crippen LogP contribution in [0.4, 0.5) is 0 Å². The number of ether oxygens (including phenoxy) is 2. The fourth-order valence-electron chi connectivity index (χ4n) is 1.84. The van der Waals surface area contributed by atoms with Gasteiger partial charge in [0.25, 0.3) is 0 Å². The van der Waals surface area contributed by atoms with E-state index in [1.165, 1.54) is 0 Å². The van der Waals surface area contributed by atoms with Crippen LogP contribution >= 0.6 is 0 Å². The normalized spacial score (nSPS) is 11.1. The zero-order valence-electron chi connectivity index (χ0n) is 16.4. The second-order valence-electron chi connectivity index (χ2n) is 5.80. The number of carbonyl (C=O) groups excluding carboxylic acids is 5. The Hall–Kier alpha value is -2.69. The van der Waals surface area contributed by atoms with Crippen molar-refractivity contribution >= 4 is 29.7 Å². The van der Waals surface area contributed by atoms with E-state index in [9.17, 15) is 24.0 Å². The van der Waals surface area contributed by atoms with E-state index in [4.69, 9.17) is 15.2 Å². The first kappa shape index (κ1) is 25.3. The second-order valence-corrected chi connectivity index (χ2v) is 5.80. The molecule has 0 aliphatic rings. The third-order valence-electron chi connectivity index (χ3n) is 3.25. The summed E-state index contributed by atoms with van der Waals surface area (Å²) < 4.78 is 9.96. The summed E-state index contributed by atoms with van der Waals surface area (Å²) >= 11 is 0. The number of hydrogen-bond acceptors (Lipinski definition) is 8. The van der Waals surface area contributed by atoms with E-state index < -0.39 is 42.2 Å². The highest BCUT2D eigenvalue weighted by Gasteiger charge is 2.23. The first-order valence-corrected chi connectivity index (χ1v) is 9.19. The number of rotatable bonds is 14. The van der Waals surface area contributed by atoms with Crippen LogP contribution in [0, 0.1) is 0 Å². The molecule has 1 unspecified atom stereocenters. The minimum Gasteiger partial charge on any atom is -0.466 e. The van der Waals surface area contributed by atoms with Crippen molar-refractivity contribution in [2.75, 3.05) is 32.8 Å². The van der Waals surface area contributed by atoms with Gasteiger partial charge in [-0.3, -0.25) is 19.2 Å². The van der Waals surface area contributed by atoms with Gasteiger partial charge in [0, 0.05) is 6.42 Å². The van der Waals surface area contributed by atoms with Gasteiger partial charge in [0.1, 0.15) is 6.04 Å². The van der Waals surface area contributed by atoms with Crippen molar-refractivity contribution < 1.29 is 33.4 Å². The summed E-state index contributed by atoms with van der Waals surface area (Å²) in [5, 5.41) is 6.97. The molecule has 5 N–H and O–H groups in total. The standard InChI is InChI=1S/C17H30N4O7/c1-3-7-27-16(25)6-5-12(17(26)28-8-4-2)21-15(24)11-20-14(23)10-19-13(22)9-18/h12H,3-11,18H2,1-2H3,(H,19,22)(H,20,23)(H,21,24). The highest BCUT2D eigenvalue weighted by atomic mass is 16.5. The van der Waals surface area contributed by atoms with Crippen LogP contribution in [-0.2, 0) is 33.4 Å². The van der Waals surface area contributed by atoms with Gasteiger partial charge in [-0.05, 0) is 19.3 Å². The predicted molar refractivity (Wildman–Crippen MR) is 98.7 cm³/mol. The lowest BCUT2D eigenvalue weighted by atomic mass is 10.1. The molecule has 11 nitrogen and oxygen atoms in total. The lowest BCUT2D eigenvalue weighted by Gasteiger charge is -2.17. The van der Waals surface area contributed by atoms with Crippen LogP contribution in [-0.4, -0.2) is 68.6 Å². The minimum absolute atomic E-state index is 0.0112. The lowest BCUT2D eigenvalue weighted by Crippen LogP contribution is -2.48. The molecule has 0 spiro atoms. The first-order chi connectivity index (χ1) is 13.3. The summed E-state index contributed by atoms with van der Waals surface area (Å²) in [6.07, 6.45) is 1.23. The summed E-state index contributed by atoms with van der Waals surface area (Å²) in [6, 6.07) is -1.04. The molecule has 1 atom stereocenters. The number of hydrogen-bond donors (Lipinski definition) is 4. The monoisotopic (exact) mass is 402 g/mol. The van der Waals surface area contributed by atoms with Crippen LogP contribution in [0.3, 0.4) is 0 Å². The highest BCUT2D eigenvalue weighted by molar-refractivity contribution is 5.90. The average Bonchev–Trinajstić information content (AvgIpc) is 2.69. The van der Waals surface area contributed by atoms with Crippen molar-refractivity contribution in [1.29, 1.82) is 0 Å². The molecule has 0 heterocycles. The molecule has 160 valence electrons. The van der Waals surface area contributed by atoms with Gasteiger partial charge in [-0.2, -0.15) is 0 Å². The summed E-state index contributed by atoms with van der Waals surface area (Å²) in [5.41, 5.74) is 5.09. The van der Waals surface area contributed by atoms with Gasteiger partial charge in [0.2, 0.25) is 17.7 Å². The summed E-state index contributed by atoms with van der Waals surface area (Å²) in [5.74, 6) is -2.88. The van der Waals surface area contributed by atoms with Gasteiger partial charge >= 0.3 is 11.9 Å². The largest absolute Gasteiger partial charge is 0.466 e. The summed E-state index contributed by atoms with van der Waals surface area (Å²) in [6.45, 7) is 3.15. The maximum Gasteiger partial charge on any atom is 0.328 e. The smallest absolute Gasteiger partial charge is 0.328 e. The minimum atomic E-state index is -1.04. The molecule has 0 saturated heterocycles. The van der Waals surface area contributed by atoms with Crippen molar-refractivity contribution in [2.45, 2.75) is 45.6 Å². The molecular formula is C17H30N4O7. The number of nitrogens with two attached hydrogens (primary N) is 1. The molecule has 0 aromatic rings. The molecule has 0 bridgehead atoms. The molecule has 0 saturated carbocycles. The number of esters is 2. The molecule has 0 aromatic heterocycles. The van der Waals surface area contributed by atoms with Gasteiger partial charge in [0.05, 0.1) is 32.8 Å². The van der Waals surface area contributed by atoms with Crippen LogP contribution in [0.25, 0.3) is 0 Å². The quantitative estimate of drug-likeness (QED) is 0.251. The molecule has 0 rings (SSSR count). The van der Waals surface area contributed by atoms with Crippen molar-refractivity contribution in [3.63, 3.8) is 0 Å². The average molecular weight is 402 g/mol. The molecule has 3 amide bonds. The van der Waals surface area contributed by atoms with Crippen LogP contribution in [0.5, 0.6) is 0 Å². The first-order valence-electron chi connectivity index (χ1n) is 9.19. The van der Waals surface area contributed by atoms with Crippen LogP contribution in [0.15, 0.2) is 0 Å². The maximum absolute atomic E-state index is 12.1. The van der Waals surface area contributed by atoms with Crippen LogP contribution in [0.2, 0.25) is 0 Å². The van der Waals surface area contributed by atoms with Gasteiger partial charge in [-0.15, -0.1) is 0 Å². The Labute approximate surface area is 164 Å². The predicted octanol–water partition coefficient (Wildman–Crippen LogP) is -1.65. The Morgan fingerprint density at radius 3 is 2.04 bits per heavy atom. The van der Waals surface area contributed by atoms with E-state index in [1.54, 1.807) is 0 Å². The molecule has 28 heavy (non-hydrogen) atoms. The Balaban J connectivity index is 4.51. The zero-order valence-corrected chi connectivity index (χ0v) is 16.4. The summed E-state index contributed by atoms with van der Waals surface area (Å²) in [7, 11) is 0. The Bertz CT molecular complexity index is 540. The van der Waals surface area contributed by atoms with E-state index >= 15 is 0 Å². The lowest BCUT2D eigenvalue weighted by molar-refractivity contribution is -0.149. The Kier molecular flexibility index (Phi) is 13.9. The molecule has 0 aromatic carbocycles. The molecule has 0 radical (unpaired) electrons. The highest BCUT2D eigenvalue weighted by Crippen LogP contribution is 2.03. The zero-order chi connectivity index (χ0) is 21.4. The SMILES string of the molecule is CCCOC(=O)CCC(NC(=O)CNC(=O)CNC(=O)CN)C(=O)OCCC. The van der Waals surface area contributed by atoms with E-state index in [0.29, 0.717) is 12.8 Å². The second kappa shape index (κ2) is 15.4. The van der Waals surface area contributed by atoms with Gasteiger partial charge < -0.3 is 31.2 Å². The maximum atomic E-state index is 12.1. The van der Waals surface area contributed by atoms with Crippen LogP contribution in [0.1, 0.15) is 39.5 Å². The fraction of sp³-hybridized carbons (Fsp3) is 0.706. The van der Waals surface area contributed by atoms with Gasteiger partial charge in [-0.1, -0.05) is 13.8 Å². The Morgan fingerprint density at radius 1 is 0.857 bits per heavy atom. The van der Waals surface area contributed by atoms with E-state index in [0.717, 1.165) is 0 Å². The van der Waals surface area contributed by atoms with Gasteiger partial charge in [0.15, 0.2) is 0 Å². The number of amides is 3. The van der Waals surface area contributed by atoms with Crippen molar-refractivity contribution in [3.8, 4) is 0 Å². The van der Waals surface area contributed by atoms with Crippen molar-refractivity contribution in [2.24, 2.45) is 5.73 Å². The molecule has 11 heteroatoms. The van der Waals surface area contributed by atoms with E-state index in [2.05, 4.69) is 16.0 Å². The molecule has 0 fully saturated rings. The molecule has 0 aliphatic carbocycles.